The molecule has 126 valence electrons. The lowest BCUT2D eigenvalue weighted by atomic mass is 10.1. The molecular weight excluding hydrogens is 296 g/mol. The molecule has 0 aromatic heterocycles. The maximum Gasteiger partial charge on any atom is 0.254 e. The lowest BCUT2D eigenvalue weighted by Gasteiger charge is -2.28. The summed E-state index contributed by atoms with van der Waals surface area (Å²) in [7, 11) is 4.68. The molecule has 0 radical (unpaired) electrons. The van der Waals surface area contributed by atoms with Crippen LogP contribution in [0, 0.1) is 0 Å². The summed E-state index contributed by atoms with van der Waals surface area (Å²) in [5.74, 6) is 1.57. The second-order valence-electron chi connectivity index (χ2n) is 6.00. The first kappa shape index (κ1) is 15.9. The van der Waals surface area contributed by atoms with Gasteiger partial charge in [0.05, 0.1) is 21.3 Å². The van der Waals surface area contributed by atoms with Gasteiger partial charge in [0.2, 0.25) is 5.75 Å². The Morgan fingerprint density at radius 1 is 1.04 bits per heavy atom. The summed E-state index contributed by atoms with van der Waals surface area (Å²) in [6.07, 6.45) is 3.16. The van der Waals surface area contributed by atoms with Crippen molar-refractivity contribution in [3.63, 3.8) is 0 Å². The van der Waals surface area contributed by atoms with Crippen molar-refractivity contribution in [2.45, 2.75) is 31.3 Å². The fraction of sp³-hybridized carbons (Fsp3) is 0.588. The molecule has 2 fully saturated rings. The van der Waals surface area contributed by atoms with Gasteiger partial charge < -0.3 is 24.4 Å². The van der Waals surface area contributed by atoms with Gasteiger partial charge in [0.1, 0.15) is 0 Å². The van der Waals surface area contributed by atoms with Crippen molar-refractivity contribution >= 4 is 5.91 Å². The predicted molar refractivity (Wildman–Crippen MR) is 86.6 cm³/mol. The normalized spacial score (nSPS) is 23.3. The number of carbonyl (C=O) groups is 1. The molecule has 1 aromatic rings. The van der Waals surface area contributed by atoms with Crippen LogP contribution in [0.15, 0.2) is 12.1 Å². The third-order valence-corrected chi connectivity index (χ3v) is 4.80. The van der Waals surface area contributed by atoms with E-state index >= 15 is 0 Å². The Bertz CT molecular complexity index is 551. The SMILES string of the molecule is COc1cc(C(=O)N2C3CCNCC2CC3)cc(OC)c1OC. The van der Waals surface area contributed by atoms with E-state index in [1.165, 1.54) is 0 Å². The number of amides is 1. The molecule has 2 aliphatic rings. The van der Waals surface area contributed by atoms with E-state index in [-0.39, 0.29) is 11.9 Å². The highest BCUT2D eigenvalue weighted by molar-refractivity contribution is 5.96. The van der Waals surface area contributed by atoms with E-state index in [1.54, 1.807) is 33.5 Å². The topological polar surface area (TPSA) is 60.0 Å². The van der Waals surface area contributed by atoms with E-state index in [2.05, 4.69) is 5.32 Å². The molecule has 2 bridgehead atoms. The Hall–Kier alpha value is -1.95. The van der Waals surface area contributed by atoms with Crippen LogP contribution in [-0.2, 0) is 0 Å². The smallest absolute Gasteiger partial charge is 0.254 e. The highest BCUT2D eigenvalue weighted by Crippen LogP contribution is 2.39. The third kappa shape index (κ3) is 2.83. The van der Waals surface area contributed by atoms with E-state index in [1.807, 2.05) is 4.90 Å². The molecule has 3 rings (SSSR count). The van der Waals surface area contributed by atoms with Crippen molar-refractivity contribution in [1.29, 1.82) is 0 Å². The molecule has 1 aromatic carbocycles. The second kappa shape index (κ2) is 6.66. The van der Waals surface area contributed by atoms with Crippen molar-refractivity contribution in [2.24, 2.45) is 0 Å². The average Bonchev–Trinajstić information content (AvgIpc) is 2.85. The molecule has 2 atom stereocenters. The van der Waals surface area contributed by atoms with E-state index in [0.29, 0.717) is 28.9 Å². The lowest BCUT2D eigenvalue weighted by molar-refractivity contribution is 0.0679. The molecule has 2 heterocycles. The van der Waals surface area contributed by atoms with Crippen LogP contribution < -0.4 is 19.5 Å². The highest BCUT2D eigenvalue weighted by atomic mass is 16.5. The van der Waals surface area contributed by atoms with Gasteiger partial charge in [-0.25, -0.2) is 0 Å². The van der Waals surface area contributed by atoms with Gasteiger partial charge in [-0.2, -0.15) is 0 Å². The van der Waals surface area contributed by atoms with E-state index in [4.69, 9.17) is 14.2 Å². The van der Waals surface area contributed by atoms with Crippen LogP contribution >= 0.6 is 0 Å². The highest BCUT2D eigenvalue weighted by Gasteiger charge is 2.38. The lowest BCUT2D eigenvalue weighted by Crippen LogP contribution is -2.42. The Morgan fingerprint density at radius 2 is 1.70 bits per heavy atom. The summed E-state index contributed by atoms with van der Waals surface area (Å²) in [6, 6.07) is 4.07. The number of hydrogen-bond acceptors (Lipinski definition) is 5. The van der Waals surface area contributed by atoms with Crippen LogP contribution in [0.25, 0.3) is 0 Å². The molecule has 6 heteroatoms. The number of benzene rings is 1. The van der Waals surface area contributed by atoms with Crippen LogP contribution in [0.1, 0.15) is 29.6 Å². The van der Waals surface area contributed by atoms with E-state index < -0.39 is 0 Å². The summed E-state index contributed by atoms with van der Waals surface area (Å²) in [6.45, 7) is 1.84. The van der Waals surface area contributed by atoms with Gasteiger partial charge in [-0.05, 0) is 37.9 Å². The summed E-state index contributed by atoms with van der Waals surface area (Å²) < 4.78 is 16.1. The largest absolute Gasteiger partial charge is 0.493 e. The maximum absolute atomic E-state index is 13.1. The molecule has 2 saturated heterocycles. The number of carbonyl (C=O) groups excluding carboxylic acids is 1. The number of methoxy groups -OCH3 is 3. The van der Waals surface area contributed by atoms with E-state index in [9.17, 15) is 4.79 Å². The number of ether oxygens (including phenoxy) is 3. The fourth-order valence-electron chi connectivity index (χ4n) is 3.67. The minimum absolute atomic E-state index is 0.0421. The van der Waals surface area contributed by atoms with Gasteiger partial charge in [0.15, 0.2) is 11.5 Å². The standard InChI is InChI=1S/C17H24N2O4/c1-21-14-8-11(9-15(22-2)16(14)23-3)17(20)19-12-4-5-13(19)10-18-7-6-12/h8-9,12-13,18H,4-7,10H2,1-3H3. The van der Waals surface area contributed by atoms with Crippen LogP contribution in [-0.4, -0.2) is 57.3 Å². The van der Waals surface area contributed by atoms with Gasteiger partial charge in [0, 0.05) is 24.2 Å². The van der Waals surface area contributed by atoms with Gasteiger partial charge in [0.25, 0.3) is 5.91 Å². The first-order valence-electron chi connectivity index (χ1n) is 8.03. The van der Waals surface area contributed by atoms with Gasteiger partial charge in [-0.3, -0.25) is 4.79 Å². The van der Waals surface area contributed by atoms with Crippen LogP contribution in [0.2, 0.25) is 0 Å². The molecule has 0 saturated carbocycles. The molecule has 0 spiro atoms. The Labute approximate surface area is 136 Å². The quantitative estimate of drug-likeness (QED) is 0.914. The van der Waals surface area contributed by atoms with Gasteiger partial charge in [-0.1, -0.05) is 0 Å². The molecule has 2 unspecified atom stereocenters. The fourth-order valence-corrected chi connectivity index (χ4v) is 3.67. The zero-order valence-corrected chi connectivity index (χ0v) is 13.9. The van der Waals surface area contributed by atoms with Crippen LogP contribution in [0.3, 0.4) is 0 Å². The maximum atomic E-state index is 13.1. The molecule has 2 aliphatic heterocycles. The summed E-state index contributed by atoms with van der Waals surface area (Å²) >= 11 is 0. The molecule has 23 heavy (non-hydrogen) atoms. The molecule has 0 aliphatic carbocycles. The van der Waals surface area contributed by atoms with Crippen molar-refractivity contribution in [3.8, 4) is 17.2 Å². The second-order valence-corrected chi connectivity index (χ2v) is 6.00. The molecule has 6 nitrogen and oxygen atoms in total. The molecular formula is C17H24N2O4. The first-order chi connectivity index (χ1) is 11.2. The summed E-state index contributed by atoms with van der Waals surface area (Å²) in [4.78, 5) is 15.1. The van der Waals surface area contributed by atoms with Crippen molar-refractivity contribution < 1.29 is 19.0 Å². The Morgan fingerprint density at radius 3 is 2.30 bits per heavy atom. The Kier molecular flexibility index (Phi) is 4.61. The number of nitrogens with one attached hydrogen (secondary N) is 1. The van der Waals surface area contributed by atoms with Crippen LogP contribution in [0.5, 0.6) is 17.2 Å². The monoisotopic (exact) mass is 320 g/mol. The van der Waals surface area contributed by atoms with Crippen molar-refractivity contribution in [1.82, 2.24) is 10.2 Å². The predicted octanol–water partition coefficient (Wildman–Crippen LogP) is 1.68. The average molecular weight is 320 g/mol. The number of nitrogens with zero attached hydrogens (tertiary/aromatic N) is 1. The van der Waals surface area contributed by atoms with Gasteiger partial charge in [-0.15, -0.1) is 0 Å². The minimum atomic E-state index is 0.0421. The van der Waals surface area contributed by atoms with Crippen molar-refractivity contribution in [3.05, 3.63) is 17.7 Å². The molecule has 1 N–H and O–H groups in total. The number of fused-ring (bicyclic) bond motifs is 2. The number of rotatable bonds is 4. The Balaban J connectivity index is 1.96. The third-order valence-electron chi connectivity index (χ3n) is 4.80. The first-order valence-corrected chi connectivity index (χ1v) is 8.03. The van der Waals surface area contributed by atoms with E-state index in [0.717, 1.165) is 32.4 Å². The minimum Gasteiger partial charge on any atom is -0.493 e. The molecule has 1 amide bonds. The number of hydrogen-bond donors (Lipinski definition) is 1. The zero-order chi connectivity index (χ0) is 16.4. The van der Waals surface area contributed by atoms with Gasteiger partial charge >= 0.3 is 0 Å². The summed E-state index contributed by atoms with van der Waals surface area (Å²) in [5, 5.41) is 3.42. The zero-order valence-electron chi connectivity index (χ0n) is 13.9. The van der Waals surface area contributed by atoms with Crippen molar-refractivity contribution in [2.75, 3.05) is 34.4 Å². The summed E-state index contributed by atoms with van der Waals surface area (Å²) in [5.41, 5.74) is 0.582. The van der Waals surface area contributed by atoms with Crippen LogP contribution in [0.4, 0.5) is 0 Å².